The summed E-state index contributed by atoms with van der Waals surface area (Å²) < 4.78 is 5.51. The first-order valence-electron chi connectivity index (χ1n) is 8.97. The lowest BCUT2D eigenvalue weighted by Gasteiger charge is -2.09. The number of carbonyl (C=O) groups is 2. The van der Waals surface area contributed by atoms with Crippen molar-refractivity contribution in [1.29, 1.82) is 0 Å². The summed E-state index contributed by atoms with van der Waals surface area (Å²) in [6.07, 6.45) is 0.612. The highest BCUT2D eigenvalue weighted by Crippen LogP contribution is 2.31. The van der Waals surface area contributed by atoms with Gasteiger partial charge in [-0.2, -0.15) is 0 Å². The average Bonchev–Trinajstić information content (AvgIpc) is 3.08. The van der Waals surface area contributed by atoms with Crippen molar-refractivity contribution in [2.24, 2.45) is 0 Å². The highest BCUT2D eigenvalue weighted by Gasteiger charge is 2.16. The van der Waals surface area contributed by atoms with Crippen LogP contribution in [-0.2, 0) is 16.0 Å². The van der Waals surface area contributed by atoms with Crippen molar-refractivity contribution in [3.8, 4) is 0 Å². The van der Waals surface area contributed by atoms with Crippen molar-refractivity contribution in [3.63, 3.8) is 0 Å². The number of benzene rings is 2. The topological polar surface area (TPSA) is 68.3 Å². The van der Waals surface area contributed by atoms with Gasteiger partial charge in [0.25, 0.3) is 0 Å². The molecule has 0 aliphatic heterocycles. The molecular formula is C21H17Cl3N2O3S2. The molecule has 2 aromatic carbocycles. The molecular weight excluding hydrogens is 499 g/mol. The summed E-state index contributed by atoms with van der Waals surface area (Å²) in [7, 11) is 1.28. The number of halogens is 3. The Morgan fingerprint density at radius 2 is 1.84 bits per heavy atom. The zero-order chi connectivity index (χ0) is 22.5. The number of thiazole rings is 1. The second-order valence-electron chi connectivity index (χ2n) is 6.42. The third-order valence-corrected chi connectivity index (χ3v) is 7.36. The summed E-state index contributed by atoms with van der Waals surface area (Å²) in [5, 5.41) is 4.38. The predicted octanol–water partition coefficient (Wildman–Crippen LogP) is 6.52. The van der Waals surface area contributed by atoms with Crippen molar-refractivity contribution >= 4 is 75.5 Å². The number of anilines is 1. The van der Waals surface area contributed by atoms with Crippen LogP contribution in [0.5, 0.6) is 0 Å². The van der Waals surface area contributed by atoms with E-state index in [4.69, 9.17) is 39.5 Å². The van der Waals surface area contributed by atoms with Gasteiger partial charge in [0.05, 0.1) is 29.8 Å². The lowest BCUT2D eigenvalue weighted by molar-refractivity contribution is -0.113. The van der Waals surface area contributed by atoms with Gasteiger partial charge in [0, 0.05) is 26.4 Å². The van der Waals surface area contributed by atoms with E-state index in [0.717, 1.165) is 20.5 Å². The number of esters is 1. The molecule has 5 nitrogen and oxygen atoms in total. The highest BCUT2D eigenvalue weighted by atomic mass is 35.5. The second kappa shape index (κ2) is 10.7. The number of ether oxygens (including phenoxy) is 1. The Balaban J connectivity index is 1.65. The number of hydrogen-bond donors (Lipinski definition) is 1. The average molecular weight is 516 g/mol. The lowest BCUT2D eigenvalue weighted by atomic mass is 10.1. The molecule has 0 saturated carbocycles. The van der Waals surface area contributed by atoms with Gasteiger partial charge in [-0.15, -0.1) is 11.3 Å². The number of amides is 1. The molecule has 0 aliphatic carbocycles. The van der Waals surface area contributed by atoms with Gasteiger partial charge in [-0.25, -0.2) is 9.78 Å². The van der Waals surface area contributed by atoms with E-state index in [1.54, 1.807) is 18.2 Å². The van der Waals surface area contributed by atoms with E-state index in [1.807, 2.05) is 13.0 Å². The minimum atomic E-state index is -0.556. The molecule has 1 amide bonds. The Kier molecular flexibility index (Phi) is 8.24. The Hall–Kier alpha value is -1.77. The molecule has 10 heteroatoms. The maximum Gasteiger partial charge on any atom is 0.339 e. The van der Waals surface area contributed by atoms with Gasteiger partial charge in [-0.3, -0.25) is 4.79 Å². The zero-order valence-corrected chi connectivity index (χ0v) is 20.4. The Morgan fingerprint density at radius 1 is 1.13 bits per heavy atom. The van der Waals surface area contributed by atoms with Crippen LogP contribution in [0.15, 0.2) is 40.7 Å². The van der Waals surface area contributed by atoms with Crippen LogP contribution in [0.4, 0.5) is 5.69 Å². The largest absolute Gasteiger partial charge is 0.465 e. The van der Waals surface area contributed by atoms with Crippen molar-refractivity contribution in [1.82, 2.24) is 4.98 Å². The fourth-order valence-corrected chi connectivity index (χ4v) is 5.31. The highest BCUT2D eigenvalue weighted by molar-refractivity contribution is 8.01. The number of carbonyl (C=O) groups excluding carboxylic acids is 2. The summed E-state index contributed by atoms with van der Waals surface area (Å²) >= 11 is 21.2. The molecule has 3 rings (SSSR count). The molecule has 0 unspecified atom stereocenters. The molecule has 0 saturated heterocycles. The molecule has 3 aromatic rings. The molecule has 31 heavy (non-hydrogen) atoms. The maximum absolute atomic E-state index is 12.4. The summed E-state index contributed by atoms with van der Waals surface area (Å²) in [5.41, 5.74) is 2.34. The number of hydrogen-bond acceptors (Lipinski definition) is 6. The fraction of sp³-hybridized carbons (Fsp3) is 0.190. The Bertz CT molecular complexity index is 1140. The number of nitrogens with zero attached hydrogens (tertiary/aromatic N) is 1. The van der Waals surface area contributed by atoms with Gasteiger partial charge in [-0.1, -0.05) is 46.6 Å². The number of thioether (sulfide) groups is 1. The van der Waals surface area contributed by atoms with E-state index in [9.17, 15) is 9.59 Å². The first-order valence-corrected chi connectivity index (χ1v) is 11.9. The van der Waals surface area contributed by atoms with Gasteiger partial charge < -0.3 is 10.1 Å². The van der Waals surface area contributed by atoms with Crippen LogP contribution in [0, 0.1) is 6.92 Å². The van der Waals surface area contributed by atoms with Crippen molar-refractivity contribution in [2.45, 2.75) is 17.7 Å². The van der Waals surface area contributed by atoms with Crippen LogP contribution in [-0.4, -0.2) is 29.7 Å². The number of methoxy groups -OCH3 is 1. The van der Waals surface area contributed by atoms with Crippen LogP contribution < -0.4 is 5.32 Å². The van der Waals surface area contributed by atoms with E-state index >= 15 is 0 Å². The molecule has 0 bridgehead atoms. The Labute approximate surface area is 203 Å². The summed E-state index contributed by atoms with van der Waals surface area (Å²) in [6.45, 7) is 1.92. The first kappa shape index (κ1) is 23.9. The number of nitrogens with one attached hydrogen (secondary N) is 1. The molecule has 1 aromatic heterocycles. The minimum Gasteiger partial charge on any atom is -0.465 e. The summed E-state index contributed by atoms with van der Waals surface area (Å²) in [6, 6.07) is 9.94. The molecule has 1 heterocycles. The monoisotopic (exact) mass is 514 g/mol. The molecule has 0 atom stereocenters. The molecule has 162 valence electrons. The second-order valence-corrected chi connectivity index (χ2v) is 10.0. The predicted molar refractivity (Wildman–Crippen MR) is 128 cm³/mol. The number of rotatable bonds is 7. The zero-order valence-electron chi connectivity index (χ0n) is 16.5. The smallest absolute Gasteiger partial charge is 0.339 e. The van der Waals surface area contributed by atoms with Gasteiger partial charge in [0.15, 0.2) is 4.34 Å². The SMILES string of the molecule is COC(=O)c1ccc(Cl)cc1NC(=O)CSc1nc(C)c(Cc2cc(Cl)ccc2Cl)s1. The van der Waals surface area contributed by atoms with E-state index < -0.39 is 5.97 Å². The fourth-order valence-electron chi connectivity index (χ4n) is 2.70. The number of aryl methyl sites for hydroxylation is 1. The van der Waals surface area contributed by atoms with Crippen LogP contribution in [0.1, 0.15) is 26.5 Å². The van der Waals surface area contributed by atoms with E-state index in [1.165, 1.54) is 42.3 Å². The molecule has 1 N–H and O–H groups in total. The minimum absolute atomic E-state index is 0.122. The van der Waals surface area contributed by atoms with E-state index in [2.05, 4.69) is 10.3 Å². The van der Waals surface area contributed by atoms with Gasteiger partial charge in [-0.05, 0) is 48.9 Å². The first-order chi connectivity index (χ1) is 14.8. The molecule has 0 aliphatic rings. The van der Waals surface area contributed by atoms with Crippen molar-refractivity contribution in [2.75, 3.05) is 18.2 Å². The van der Waals surface area contributed by atoms with Crippen LogP contribution >= 0.6 is 57.9 Å². The standard InChI is InChI=1S/C21H17Cl3N2O3S2/c1-11-18(8-12-7-13(22)4-6-16(12)24)31-21(25-11)30-10-19(27)26-17-9-14(23)3-5-15(17)20(28)29-2/h3-7,9H,8,10H2,1-2H3,(H,26,27). The van der Waals surface area contributed by atoms with Crippen LogP contribution in [0.2, 0.25) is 15.1 Å². The van der Waals surface area contributed by atoms with Gasteiger partial charge in [0.1, 0.15) is 0 Å². The molecule has 0 fully saturated rings. The third-order valence-electron chi connectivity index (χ3n) is 4.22. The van der Waals surface area contributed by atoms with Gasteiger partial charge in [0.2, 0.25) is 5.91 Å². The third kappa shape index (κ3) is 6.37. The Morgan fingerprint density at radius 3 is 2.58 bits per heavy atom. The molecule has 0 radical (unpaired) electrons. The van der Waals surface area contributed by atoms with E-state index in [0.29, 0.717) is 27.2 Å². The van der Waals surface area contributed by atoms with Crippen molar-refractivity contribution in [3.05, 3.63) is 73.2 Å². The van der Waals surface area contributed by atoms with Crippen molar-refractivity contribution < 1.29 is 14.3 Å². The van der Waals surface area contributed by atoms with E-state index in [-0.39, 0.29) is 17.2 Å². The molecule has 0 spiro atoms. The normalized spacial score (nSPS) is 10.7. The quantitative estimate of drug-likeness (QED) is 0.286. The van der Waals surface area contributed by atoms with Gasteiger partial charge >= 0.3 is 5.97 Å². The summed E-state index contributed by atoms with van der Waals surface area (Å²) in [4.78, 5) is 29.9. The van der Waals surface area contributed by atoms with Crippen LogP contribution in [0.25, 0.3) is 0 Å². The number of aromatic nitrogens is 1. The lowest BCUT2D eigenvalue weighted by Crippen LogP contribution is -2.17. The summed E-state index contributed by atoms with van der Waals surface area (Å²) in [5.74, 6) is -0.721. The maximum atomic E-state index is 12.4. The van der Waals surface area contributed by atoms with Crippen LogP contribution in [0.3, 0.4) is 0 Å².